The molecule has 0 radical (unpaired) electrons. The lowest BCUT2D eigenvalue weighted by Gasteiger charge is -2.14. The Labute approximate surface area is 845 Å². The van der Waals surface area contributed by atoms with E-state index in [1.54, 1.807) is 0 Å². The fraction of sp³-hybridized carbons (Fsp3) is 0.308. The van der Waals surface area contributed by atoms with Gasteiger partial charge in [0.2, 0.25) is 0 Å². The summed E-state index contributed by atoms with van der Waals surface area (Å²) in [4.78, 5) is 25.1. The van der Waals surface area contributed by atoms with E-state index in [4.69, 9.17) is 24.9 Å². The summed E-state index contributed by atoms with van der Waals surface area (Å²) in [6, 6.07) is 90.0. The summed E-state index contributed by atoms with van der Waals surface area (Å²) in [7, 11) is 11.0. The van der Waals surface area contributed by atoms with Crippen molar-refractivity contribution in [3.8, 4) is 0 Å². The van der Waals surface area contributed by atoms with Crippen LogP contribution in [-0.4, -0.2) is 46.9 Å². The molecule has 0 atom stereocenters. The van der Waals surface area contributed by atoms with Crippen LogP contribution in [0.1, 0.15) is 242 Å². The van der Waals surface area contributed by atoms with Gasteiger partial charge in [-0.15, -0.1) is 0 Å². The van der Waals surface area contributed by atoms with Gasteiger partial charge in [0, 0.05) is 66.5 Å². The molecule has 0 unspecified atom stereocenters. The summed E-state index contributed by atoms with van der Waals surface area (Å²) < 4.78 is 24.2. The van der Waals surface area contributed by atoms with E-state index in [0.717, 1.165) is 56.1 Å². The van der Waals surface area contributed by atoms with Crippen molar-refractivity contribution in [1.82, 2.24) is 46.9 Å². The highest BCUT2D eigenvalue weighted by Gasteiger charge is 2.37. The van der Waals surface area contributed by atoms with Crippen LogP contribution in [0.15, 0.2) is 243 Å². The van der Waals surface area contributed by atoms with Gasteiger partial charge in [-0.3, -0.25) is 24.9 Å². The zero-order valence-electron chi connectivity index (χ0n) is 86.8. The van der Waals surface area contributed by atoms with Crippen molar-refractivity contribution in [2.45, 2.75) is 227 Å². The molecule has 0 spiro atoms. The van der Waals surface area contributed by atoms with E-state index in [1.165, 1.54) is 349 Å². The molecule has 15 aromatic heterocycles. The predicted octanol–water partition coefficient (Wildman–Crippen LogP) is 29.5. The molecule has 0 aliphatic heterocycles. The Kier molecular flexibility index (Phi) is 22.0. The summed E-state index contributed by atoms with van der Waals surface area (Å²) in [5, 5.41) is 12.6. The number of benzene rings is 10. The third kappa shape index (κ3) is 14.3. The fourth-order valence-corrected chi connectivity index (χ4v) is 28.2. The lowest BCUT2D eigenvalue weighted by molar-refractivity contribution is -0.617. The minimum atomic E-state index is 0.650. The third-order valence-corrected chi connectivity index (χ3v) is 34.6. The molecule has 15 nitrogen and oxygen atoms in total. The Morgan fingerprint density at radius 1 is 0.207 bits per heavy atom. The van der Waals surface area contributed by atoms with E-state index < -0.39 is 0 Å². The summed E-state index contributed by atoms with van der Waals surface area (Å²) in [6.45, 7) is 21.6. The number of imidazole rings is 5. The Hall–Kier alpha value is -14.7. The number of aryl methyl sites for hydroxylation is 15. The van der Waals surface area contributed by atoms with Crippen molar-refractivity contribution >= 4 is 192 Å². The molecule has 0 saturated heterocycles. The van der Waals surface area contributed by atoms with Crippen LogP contribution in [0.2, 0.25) is 0 Å². The summed E-state index contributed by atoms with van der Waals surface area (Å²) in [6.07, 6.45) is 26.7. The molecule has 5 fully saturated rings. The quantitative estimate of drug-likeness (QED) is 0.126. The lowest BCUT2D eigenvalue weighted by Crippen LogP contribution is -2.27. The van der Waals surface area contributed by atoms with Crippen LogP contribution < -0.4 is 22.8 Å². The number of fused-ring (bicyclic) bond motifs is 40. The molecule has 145 heavy (non-hydrogen) atoms. The zero-order valence-corrected chi connectivity index (χ0v) is 86.8. The van der Waals surface area contributed by atoms with Crippen LogP contribution in [0.3, 0.4) is 0 Å². The number of nitrogens with zero attached hydrogens (tertiary/aromatic N) is 15. The van der Waals surface area contributed by atoms with E-state index in [-0.39, 0.29) is 0 Å². The maximum atomic E-state index is 5.07. The number of para-hydroxylation sites is 10. The molecule has 15 heterocycles. The highest BCUT2D eigenvalue weighted by atomic mass is 15.2. The Balaban J connectivity index is 0.0000000923. The smallest absolute Gasteiger partial charge is 0.252 e. The molecule has 0 bridgehead atoms. The van der Waals surface area contributed by atoms with Gasteiger partial charge in [-0.25, -0.2) is 22.8 Å². The number of pyridine rings is 10. The van der Waals surface area contributed by atoms with E-state index in [1.807, 2.05) is 0 Å². The lowest BCUT2D eigenvalue weighted by atomic mass is 9.93. The van der Waals surface area contributed by atoms with Crippen LogP contribution in [0.4, 0.5) is 0 Å². The standard InChI is InChI=1S/5C26H26N3/c1-16-15-17(2)27-24-20-12-8-11-19(18-9-4-5-10-18)25(20)29-22-14-7-6-13-21(22)28(3)26(29)23(16)24;1-16-15-17(2)27-24-20-11-6-7-13-21(20)29-25-19(18-9-4-5-10-18)12-8-14-22(25)28(3)26(29)23(16)24;1-16-14-17(2)27-25-20-15-19(18-8-4-5-9-18)12-13-21(20)29-23-11-7-6-10-22(23)28(3)26(29)24(16)25;1-16-14-17(2)27-25-20-13-12-19(18-8-4-5-9-18)15-23(20)29-22-11-7-6-10-21(22)28(3)26(29)24(16)25;1-16-14-17(2)27-25-20-10-6-7-11-21(20)29-23-15-19(18-8-4-5-9-18)12-13-22(23)28(3)26(29)24(16)25/h2*6-8,11-15,18H,4-5,9-10H2,1-3H3;3*6-7,10-15,18H,4-5,8-9H2,1-3H3/q5*+1. The first-order valence-electron chi connectivity index (χ1n) is 53.8. The predicted molar refractivity (Wildman–Crippen MR) is 598 cm³/mol. The van der Waals surface area contributed by atoms with Crippen LogP contribution in [0.25, 0.3) is 192 Å². The normalized spacial score (nSPS) is 15.4. The van der Waals surface area contributed by atoms with E-state index in [0.29, 0.717) is 29.6 Å². The van der Waals surface area contributed by atoms with Gasteiger partial charge in [-0.05, 0) is 347 Å². The molecule has 5 saturated carbocycles. The van der Waals surface area contributed by atoms with Crippen LogP contribution in [-0.2, 0) is 35.2 Å². The van der Waals surface area contributed by atoms with Gasteiger partial charge in [-0.2, -0.15) is 22.0 Å². The molecule has 0 amide bonds. The van der Waals surface area contributed by atoms with Gasteiger partial charge in [0.05, 0.1) is 89.8 Å². The van der Waals surface area contributed by atoms with Crippen molar-refractivity contribution in [2.24, 2.45) is 35.2 Å². The Bertz CT molecular complexity index is 9670. The number of hydrogen-bond acceptors (Lipinski definition) is 5. The molecule has 720 valence electrons. The molecule has 15 heteroatoms. The highest BCUT2D eigenvalue weighted by molar-refractivity contribution is 6.17. The monoisotopic (exact) mass is 1900 g/mol. The van der Waals surface area contributed by atoms with Gasteiger partial charge in [0.1, 0.15) is 27.6 Å². The average molecular weight is 1900 g/mol. The first-order valence-corrected chi connectivity index (χ1v) is 53.8. The number of aromatic nitrogens is 15. The van der Waals surface area contributed by atoms with E-state index in [9.17, 15) is 0 Å². The van der Waals surface area contributed by atoms with Gasteiger partial charge < -0.3 is 0 Å². The maximum absolute atomic E-state index is 5.07. The van der Waals surface area contributed by atoms with Gasteiger partial charge in [-0.1, -0.05) is 167 Å². The van der Waals surface area contributed by atoms with Gasteiger partial charge in [0.15, 0.2) is 55.2 Å². The van der Waals surface area contributed by atoms with Crippen molar-refractivity contribution < 1.29 is 22.8 Å². The molecule has 10 aromatic carbocycles. The largest absolute Gasteiger partial charge is 0.297 e. The summed E-state index contributed by atoms with van der Waals surface area (Å²) in [5.41, 5.74) is 50.5. The SMILES string of the molecule is Cc1cc(C)c2c(n1)c1cc(C3CCCC3)ccc1n1c3ccccc3[n+](C)c21.Cc1cc(C)c2c(n1)c1ccc(C3CCCC3)cc1n1c3ccccc3[n+](C)c21.Cc1cc(C)c2c(n1)c1cccc(C3CCCC3)c1n1c3ccccc3[n+](C)c21.Cc1cc(C)c2c(n1)c1ccccc1n1c3c(C4CCCC4)cccc3[n+](C)c21.Cc1cc(C)c2c(n1)c1ccccc1n1c3cc(C4CCCC4)ccc3[n+](C)c21. The van der Waals surface area contributed by atoms with Gasteiger partial charge in [0.25, 0.3) is 28.2 Å². The van der Waals surface area contributed by atoms with Crippen LogP contribution in [0, 0.1) is 69.2 Å². The summed E-state index contributed by atoms with van der Waals surface area (Å²) >= 11 is 0. The Morgan fingerprint density at radius 3 is 0.910 bits per heavy atom. The second kappa shape index (κ2) is 35.4. The van der Waals surface area contributed by atoms with Gasteiger partial charge >= 0.3 is 0 Å². The topological polar surface area (TPSA) is 106 Å². The minimum Gasteiger partial charge on any atom is -0.252 e. The highest BCUT2D eigenvalue weighted by Crippen LogP contribution is 2.48. The molecule has 25 aromatic rings. The summed E-state index contributed by atoms with van der Waals surface area (Å²) in [5.74, 6) is 3.44. The molecule has 5 aliphatic rings. The van der Waals surface area contributed by atoms with Crippen molar-refractivity contribution in [3.63, 3.8) is 0 Å². The first kappa shape index (κ1) is 90.3. The van der Waals surface area contributed by atoms with E-state index >= 15 is 0 Å². The average Bonchev–Trinajstić information content (AvgIpc) is 1.58. The van der Waals surface area contributed by atoms with E-state index in [2.05, 4.69) is 392 Å². The molecular weight excluding hydrogens is 1770 g/mol. The van der Waals surface area contributed by atoms with Crippen LogP contribution >= 0.6 is 0 Å². The molecular formula is C130H130N15+5. The number of hydrogen-bond donors (Lipinski definition) is 0. The fourth-order valence-electron chi connectivity index (χ4n) is 28.2. The maximum Gasteiger partial charge on any atom is 0.297 e. The molecule has 5 aliphatic carbocycles. The van der Waals surface area contributed by atoms with Crippen molar-refractivity contribution in [1.29, 1.82) is 0 Å². The molecule has 30 rings (SSSR count). The van der Waals surface area contributed by atoms with Crippen molar-refractivity contribution in [3.05, 3.63) is 327 Å². The van der Waals surface area contributed by atoms with Crippen LogP contribution in [0.5, 0.6) is 0 Å². The zero-order chi connectivity index (χ0) is 98.5. The second-order valence-electron chi connectivity index (χ2n) is 43.8. The first-order chi connectivity index (χ1) is 70.7. The molecule has 0 N–H and O–H groups in total. The number of rotatable bonds is 5. The Morgan fingerprint density at radius 2 is 0.476 bits per heavy atom. The minimum absolute atomic E-state index is 0.650. The third-order valence-electron chi connectivity index (χ3n) is 34.6. The van der Waals surface area contributed by atoms with Crippen molar-refractivity contribution in [2.75, 3.05) is 0 Å². The second-order valence-corrected chi connectivity index (χ2v) is 43.8.